The lowest BCUT2D eigenvalue weighted by atomic mass is 9.96. The number of anilines is 1. The van der Waals surface area contributed by atoms with Crippen LogP contribution in [0.5, 0.6) is 0 Å². The number of aliphatic hydroxyl groups excluding tert-OH is 4. The Balaban J connectivity index is 1.93. The largest absolute Gasteiger partial charge is 0.394 e. The van der Waals surface area contributed by atoms with Crippen molar-refractivity contribution in [2.24, 2.45) is 0 Å². The van der Waals surface area contributed by atoms with Crippen LogP contribution >= 0.6 is 11.6 Å². The van der Waals surface area contributed by atoms with Gasteiger partial charge in [0.1, 0.15) is 23.3 Å². The SMILES string of the molecule is O=c1c(Cl)c(NC2(O)O[C@H](CO)[C@@H](O)[C@H](O)[C@H]2O)cnn1-c1ccccc1. The van der Waals surface area contributed by atoms with Crippen LogP contribution in [-0.4, -0.2) is 72.2 Å². The third-order valence-corrected chi connectivity index (χ3v) is 4.56. The van der Waals surface area contributed by atoms with Gasteiger partial charge in [0.05, 0.1) is 24.2 Å². The number of nitrogens with one attached hydrogen (secondary N) is 1. The molecule has 146 valence electrons. The number of halogens is 1. The molecule has 1 aliphatic heterocycles. The maximum Gasteiger partial charge on any atom is 0.292 e. The van der Waals surface area contributed by atoms with Crippen molar-refractivity contribution in [2.75, 3.05) is 11.9 Å². The highest BCUT2D eigenvalue weighted by Gasteiger charge is 2.53. The zero-order valence-corrected chi connectivity index (χ0v) is 14.6. The van der Waals surface area contributed by atoms with E-state index in [-0.39, 0.29) is 10.7 Å². The van der Waals surface area contributed by atoms with Crippen molar-refractivity contribution >= 4 is 17.3 Å². The van der Waals surface area contributed by atoms with Crippen molar-refractivity contribution in [1.29, 1.82) is 0 Å². The van der Waals surface area contributed by atoms with E-state index < -0.39 is 42.5 Å². The fraction of sp³-hybridized carbons (Fsp3) is 0.375. The quantitative estimate of drug-likeness (QED) is 0.334. The summed E-state index contributed by atoms with van der Waals surface area (Å²) in [5.74, 6) is -2.64. The van der Waals surface area contributed by atoms with Gasteiger partial charge in [0, 0.05) is 0 Å². The predicted octanol–water partition coefficient (Wildman–Crippen LogP) is -1.58. The molecular weight excluding hydrogens is 382 g/mol. The number of rotatable bonds is 4. The molecule has 1 aromatic carbocycles. The van der Waals surface area contributed by atoms with Crippen LogP contribution in [0.25, 0.3) is 5.69 Å². The molecule has 0 aliphatic carbocycles. The molecule has 3 rings (SSSR count). The molecule has 0 saturated carbocycles. The normalized spacial score (nSPS) is 30.9. The molecule has 2 aromatic rings. The second-order valence-electron chi connectivity index (χ2n) is 6.01. The van der Waals surface area contributed by atoms with Gasteiger partial charge >= 0.3 is 0 Å². The average Bonchev–Trinajstić information content (AvgIpc) is 2.68. The van der Waals surface area contributed by atoms with Crippen molar-refractivity contribution in [1.82, 2.24) is 9.78 Å². The molecule has 1 aliphatic rings. The predicted molar refractivity (Wildman–Crippen MR) is 93.4 cm³/mol. The molecule has 6 N–H and O–H groups in total. The van der Waals surface area contributed by atoms with Crippen molar-refractivity contribution in [3.05, 3.63) is 51.9 Å². The minimum Gasteiger partial charge on any atom is -0.394 e. The van der Waals surface area contributed by atoms with Crippen LogP contribution in [0, 0.1) is 0 Å². The van der Waals surface area contributed by atoms with E-state index in [2.05, 4.69) is 10.4 Å². The number of ether oxygens (including phenoxy) is 1. The van der Waals surface area contributed by atoms with Crippen molar-refractivity contribution in [3.63, 3.8) is 0 Å². The Labute approximate surface area is 157 Å². The van der Waals surface area contributed by atoms with E-state index in [1.54, 1.807) is 30.3 Å². The summed E-state index contributed by atoms with van der Waals surface area (Å²) in [5, 5.41) is 55.3. The Hall–Kier alpha value is -2.05. The summed E-state index contributed by atoms with van der Waals surface area (Å²) in [7, 11) is 0. The number of aliphatic hydroxyl groups is 5. The van der Waals surface area contributed by atoms with E-state index >= 15 is 0 Å². The smallest absolute Gasteiger partial charge is 0.292 e. The van der Waals surface area contributed by atoms with Crippen LogP contribution in [0.3, 0.4) is 0 Å². The molecular formula is C16H18ClN3O7. The van der Waals surface area contributed by atoms with Crippen LogP contribution in [0.2, 0.25) is 5.02 Å². The van der Waals surface area contributed by atoms with Crippen LogP contribution in [0.1, 0.15) is 0 Å². The summed E-state index contributed by atoms with van der Waals surface area (Å²) < 4.78 is 6.10. The van der Waals surface area contributed by atoms with Gasteiger partial charge < -0.3 is 35.6 Å². The molecule has 0 spiro atoms. The second-order valence-corrected chi connectivity index (χ2v) is 6.39. The minimum absolute atomic E-state index is 0.185. The monoisotopic (exact) mass is 399 g/mol. The van der Waals surface area contributed by atoms with Gasteiger partial charge in [-0.15, -0.1) is 0 Å². The van der Waals surface area contributed by atoms with Gasteiger partial charge in [-0.05, 0) is 12.1 Å². The molecule has 5 atom stereocenters. The van der Waals surface area contributed by atoms with Crippen molar-refractivity contribution in [3.8, 4) is 5.69 Å². The number of aromatic nitrogens is 2. The molecule has 11 heteroatoms. The van der Waals surface area contributed by atoms with Gasteiger partial charge in [-0.1, -0.05) is 29.8 Å². The zero-order valence-electron chi connectivity index (χ0n) is 13.8. The third-order valence-electron chi connectivity index (χ3n) is 4.20. The Kier molecular flexibility index (Phi) is 5.49. The maximum absolute atomic E-state index is 12.5. The van der Waals surface area contributed by atoms with Gasteiger partial charge in [0.25, 0.3) is 11.5 Å². The summed E-state index contributed by atoms with van der Waals surface area (Å²) >= 11 is 6.07. The first-order valence-electron chi connectivity index (χ1n) is 7.95. The fourth-order valence-electron chi connectivity index (χ4n) is 2.72. The Morgan fingerprint density at radius 1 is 1.22 bits per heavy atom. The van der Waals surface area contributed by atoms with E-state index in [4.69, 9.17) is 16.3 Å². The first kappa shape index (κ1) is 19.7. The van der Waals surface area contributed by atoms with Gasteiger partial charge in [-0.2, -0.15) is 9.78 Å². The van der Waals surface area contributed by atoms with Gasteiger partial charge in [-0.3, -0.25) is 4.79 Å². The van der Waals surface area contributed by atoms with Crippen LogP contribution in [0.15, 0.2) is 41.3 Å². The lowest BCUT2D eigenvalue weighted by Crippen LogP contribution is -2.68. The zero-order chi connectivity index (χ0) is 19.8. The molecule has 1 unspecified atom stereocenters. The van der Waals surface area contributed by atoms with E-state index in [9.17, 15) is 30.3 Å². The fourth-order valence-corrected chi connectivity index (χ4v) is 2.90. The second kappa shape index (κ2) is 7.52. The van der Waals surface area contributed by atoms with Crippen LogP contribution in [-0.2, 0) is 4.74 Å². The molecule has 2 heterocycles. The Bertz CT molecular complexity index is 863. The highest BCUT2D eigenvalue weighted by atomic mass is 35.5. The van der Waals surface area contributed by atoms with Crippen LogP contribution < -0.4 is 10.9 Å². The first-order chi connectivity index (χ1) is 12.8. The van der Waals surface area contributed by atoms with E-state index in [1.165, 1.54) is 0 Å². The van der Waals surface area contributed by atoms with Gasteiger partial charge in [0.2, 0.25) is 0 Å². The average molecular weight is 400 g/mol. The Morgan fingerprint density at radius 3 is 2.52 bits per heavy atom. The molecule has 10 nitrogen and oxygen atoms in total. The van der Waals surface area contributed by atoms with Crippen molar-refractivity contribution in [2.45, 2.75) is 30.3 Å². The first-order valence-corrected chi connectivity index (χ1v) is 8.33. The molecule has 0 amide bonds. The van der Waals surface area contributed by atoms with E-state index in [0.717, 1.165) is 10.9 Å². The van der Waals surface area contributed by atoms with Crippen molar-refractivity contribution < 1.29 is 30.3 Å². The molecule has 1 aromatic heterocycles. The molecule has 0 bridgehead atoms. The third kappa shape index (κ3) is 3.56. The maximum atomic E-state index is 12.5. The minimum atomic E-state index is -2.64. The van der Waals surface area contributed by atoms with E-state index in [0.29, 0.717) is 5.69 Å². The number of para-hydroxylation sites is 1. The lowest BCUT2D eigenvalue weighted by molar-refractivity contribution is -0.336. The number of benzene rings is 1. The van der Waals surface area contributed by atoms with Gasteiger partial charge in [0.15, 0.2) is 6.10 Å². The highest BCUT2D eigenvalue weighted by Crippen LogP contribution is 2.31. The summed E-state index contributed by atoms with van der Waals surface area (Å²) in [6.45, 7) is -0.740. The summed E-state index contributed by atoms with van der Waals surface area (Å²) in [5.41, 5.74) is -0.431. The van der Waals surface area contributed by atoms with Crippen LogP contribution in [0.4, 0.5) is 5.69 Å². The summed E-state index contributed by atoms with van der Waals surface area (Å²) in [4.78, 5) is 12.5. The van der Waals surface area contributed by atoms with Gasteiger partial charge in [-0.25, -0.2) is 0 Å². The standard InChI is InChI=1S/C16H18ClN3O7/c17-11-9(6-18-20(15(11)25)8-4-2-1-3-5-8)19-16(26)14(24)13(23)12(22)10(7-21)27-16/h1-6,10,12-14,19,21-24,26H,7H2/t10-,12-,13+,14-,16?/m1/s1. The molecule has 1 saturated heterocycles. The number of hydrogen-bond acceptors (Lipinski definition) is 9. The topological polar surface area (TPSA) is 157 Å². The summed E-state index contributed by atoms with van der Waals surface area (Å²) in [6, 6.07) is 8.47. The summed E-state index contributed by atoms with van der Waals surface area (Å²) in [6.07, 6.45) is -5.74. The lowest BCUT2D eigenvalue weighted by Gasteiger charge is -2.45. The molecule has 0 radical (unpaired) electrons. The number of hydrogen-bond donors (Lipinski definition) is 6. The van der Waals surface area contributed by atoms with E-state index in [1.807, 2.05) is 0 Å². The highest BCUT2D eigenvalue weighted by molar-refractivity contribution is 6.33. The number of nitrogens with zero attached hydrogens (tertiary/aromatic N) is 2. The molecule has 27 heavy (non-hydrogen) atoms. The molecule has 1 fully saturated rings. The Morgan fingerprint density at radius 2 is 1.89 bits per heavy atom.